The Morgan fingerprint density at radius 1 is 1.06 bits per heavy atom. The standard InChI is InChI=1S/C24H26N4O4/c1-23(2,3)28(22(30)31)19-12-17(14-26-15-19)7-9-18-11-16(13-25)8-10-20(18)27-21(29)32-24(4,5)6/h8,10-12,14-15H,1-6H3,(H,27,29)(H,30,31). The molecule has 0 bridgehead atoms. The van der Waals surface area contributed by atoms with Gasteiger partial charge in [-0.15, -0.1) is 0 Å². The van der Waals surface area contributed by atoms with Crippen molar-refractivity contribution in [2.75, 3.05) is 10.2 Å². The van der Waals surface area contributed by atoms with Crippen LogP contribution in [0.15, 0.2) is 36.7 Å². The third kappa shape index (κ3) is 6.75. The second kappa shape index (κ2) is 9.40. The maximum absolute atomic E-state index is 12.2. The largest absolute Gasteiger partial charge is 0.465 e. The van der Waals surface area contributed by atoms with E-state index in [-0.39, 0.29) is 0 Å². The quantitative estimate of drug-likeness (QED) is 0.644. The molecule has 0 aliphatic heterocycles. The first-order chi connectivity index (χ1) is 14.8. The predicted octanol–water partition coefficient (Wildman–Crippen LogP) is 4.98. The molecule has 0 saturated heterocycles. The number of anilines is 2. The molecular weight excluding hydrogens is 408 g/mol. The van der Waals surface area contributed by atoms with E-state index in [9.17, 15) is 20.0 Å². The van der Waals surface area contributed by atoms with Crippen LogP contribution in [0, 0.1) is 23.2 Å². The van der Waals surface area contributed by atoms with Gasteiger partial charge in [0.1, 0.15) is 5.60 Å². The van der Waals surface area contributed by atoms with E-state index >= 15 is 0 Å². The zero-order chi connectivity index (χ0) is 24.1. The Hall–Kier alpha value is -4.04. The summed E-state index contributed by atoms with van der Waals surface area (Å²) in [4.78, 5) is 29.2. The summed E-state index contributed by atoms with van der Waals surface area (Å²) in [5, 5.41) is 21.5. The van der Waals surface area contributed by atoms with Gasteiger partial charge in [0.15, 0.2) is 0 Å². The van der Waals surface area contributed by atoms with Crippen molar-refractivity contribution in [1.82, 2.24) is 4.98 Å². The van der Waals surface area contributed by atoms with Crippen molar-refractivity contribution in [1.29, 1.82) is 5.26 Å². The van der Waals surface area contributed by atoms with Crippen molar-refractivity contribution >= 4 is 23.6 Å². The summed E-state index contributed by atoms with van der Waals surface area (Å²) in [5.74, 6) is 5.86. The van der Waals surface area contributed by atoms with Crippen molar-refractivity contribution in [2.45, 2.75) is 52.7 Å². The summed E-state index contributed by atoms with van der Waals surface area (Å²) < 4.78 is 5.28. The molecule has 8 nitrogen and oxygen atoms in total. The molecule has 1 heterocycles. The first-order valence-electron chi connectivity index (χ1n) is 9.84. The molecule has 32 heavy (non-hydrogen) atoms. The van der Waals surface area contributed by atoms with E-state index < -0.39 is 23.3 Å². The summed E-state index contributed by atoms with van der Waals surface area (Å²) >= 11 is 0. The molecule has 0 radical (unpaired) electrons. The monoisotopic (exact) mass is 434 g/mol. The Labute approximate surface area is 187 Å². The predicted molar refractivity (Wildman–Crippen MR) is 121 cm³/mol. The Morgan fingerprint density at radius 2 is 1.75 bits per heavy atom. The lowest BCUT2D eigenvalue weighted by atomic mass is 10.1. The molecule has 2 aromatic rings. The molecule has 0 spiro atoms. The van der Waals surface area contributed by atoms with E-state index in [0.29, 0.717) is 28.1 Å². The summed E-state index contributed by atoms with van der Waals surface area (Å²) in [7, 11) is 0. The molecule has 1 aromatic heterocycles. The highest BCUT2D eigenvalue weighted by atomic mass is 16.6. The van der Waals surface area contributed by atoms with Gasteiger partial charge >= 0.3 is 12.2 Å². The number of rotatable bonds is 2. The average Bonchev–Trinajstić information content (AvgIpc) is 2.64. The van der Waals surface area contributed by atoms with Gasteiger partial charge in [-0.1, -0.05) is 11.8 Å². The molecule has 0 saturated carbocycles. The molecule has 166 valence electrons. The Balaban J connectivity index is 2.42. The fraction of sp³-hybridized carbons (Fsp3) is 0.333. The van der Waals surface area contributed by atoms with Gasteiger partial charge in [0.2, 0.25) is 0 Å². The molecule has 8 heteroatoms. The van der Waals surface area contributed by atoms with Gasteiger partial charge in [-0.05, 0) is 65.8 Å². The number of nitrogens with zero attached hydrogens (tertiary/aromatic N) is 3. The molecule has 0 aliphatic rings. The lowest BCUT2D eigenvalue weighted by Gasteiger charge is -2.32. The van der Waals surface area contributed by atoms with Crippen LogP contribution in [0.3, 0.4) is 0 Å². The number of carbonyl (C=O) groups is 2. The molecule has 2 rings (SSSR count). The minimum Gasteiger partial charge on any atom is -0.465 e. The summed E-state index contributed by atoms with van der Waals surface area (Å²) in [6.07, 6.45) is 1.22. The lowest BCUT2D eigenvalue weighted by molar-refractivity contribution is 0.0636. The van der Waals surface area contributed by atoms with Crippen LogP contribution >= 0.6 is 0 Å². The number of amides is 2. The first-order valence-corrected chi connectivity index (χ1v) is 9.84. The van der Waals surface area contributed by atoms with Crippen molar-refractivity contribution in [2.24, 2.45) is 0 Å². The van der Waals surface area contributed by atoms with Crippen molar-refractivity contribution in [3.05, 3.63) is 53.3 Å². The van der Waals surface area contributed by atoms with Crippen LogP contribution in [0.2, 0.25) is 0 Å². The molecule has 0 fully saturated rings. The van der Waals surface area contributed by atoms with Gasteiger partial charge in [0.25, 0.3) is 0 Å². The van der Waals surface area contributed by atoms with Crippen LogP contribution in [-0.4, -0.2) is 33.4 Å². The average molecular weight is 434 g/mol. The number of benzene rings is 1. The minimum absolute atomic E-state index is 0.376. The fourth-order valence-corrected chi connectivity index (χ4v) is 2.78. The van der Waals surface area contributed by atoms with E-state index in [1.54, 1.807) is 65.8 Å². The van der Waals surface area contributed by atoms with Crippen LogP contribution in [0.1, 0.15) is 58.2 Å². The van der Waals surface area contributed by atoms with E-state index in [1.807, 2.05) is 6.07 Å². The summed E-state index contributed by atoms with van der Waals surface area (Å²) in [5.41, 5.74) is 0.685. The molecule has 2 N–H and O–H groups in total. The highest BCUT2D eigenvalue weighted by Gasteiger charge is 2.28. The summed E-state index contributed by atoms with van der Waals surface area (Å²) in [6, 6.07) is 8.35. The Morgan fingerprint density at radius 3 is 2.31 bits per heavy atom. The van der Waals surface area contributed by atoms with E-state index in [1.165, 1.54) is 17.3 Å². The lowest BCUT2D eigenvalue weighted by Crippen LogP contribution is -2.45. The smallest absolute Gasteiger partial charge is 0.412 e. The highest BCUT2D eigenvalue weighted by molar-refractivity contribution is 5.88. The SMILES string of the molecule is CC(C)(C)OC(=O)Nc1ccc(C#N)cc1C#Cc1cncc(N(C(=O)O)C(C)(C)C)c1. The van der Waals surface area contributed by atoms with Gasteiger partial charge in [-0.3, -0.25) is 15.2 Å². The normalized spacial score (nSPS) is 10.9. The van der Waals surface area contributed by atoms with Gasteiger partial charge in [0.05, 0.1) is 29.2 Å². The third-order valence-electron chi connectivity index (χ3n) is 3.97. The number of nitrogens with one attached hydrogen (secondary N) is 1. The highest BCUT2D eigenvalue weighted by Crippen LogP contribution is 2.24. The van der Waals surface area contributed by atoms with Crippen LogP contribution in [0.25, 0.3) is 0 Å². The number of ether oxygens (including phenoxy) is 1. The molecule has 0 aliphatic carbocycles. The van der Waals surface area contributed by atoms with E-state index in [2.05, 4.69) is 22.1 Å². The first kappa shape index (κ1) is 24.2. The Bertz CT molecular complexity index is 1130. The van der Waals surface area contributed by atoms with Gasteiger partial charge in [-0.2, -0.15) is 5.26 Å². The van der Waals surface area contributed by atoms with E-state index in [0.717, 1.165) is 0 Å². The van der Waals surface area contributed by atoms with Crippen molar-refractivity contribution in [3.8, 4) is 17.9 Å². The maximum Gasteiger partial charge on any atom is 0.412 e. The van der Waals surface area contributed by atoms with Gasteiger partial charge in [0, 0.05) is 22.9 Å². The molecule has 1 aromatic carbocycles. The van der Waals surface area contributed by atoms with Crippen molar-refractivity contribution < 1.29 is 19.4 Å². The third-order valence-corrected chi connectivity index (χ3v) is 3.97. The van der Waals surface area contributed by atoms with Gasteiger partial charge < -0.3 is 9.84 Å². The second-order valence-electron chi connectivity index (χ2n) is 8.97. The van der Waals surface area contributed by atoms with Crippen LogP contribution in [-0.2, 0) is 4.74 Å². The second-order valence-corrected chi connectivity index (χ2v) is 8.97. The van der Waals surface area contributed by atoms with Crippen LogP contribution in [0.4, 0.5) is 21.0 Å². The number of pyridine rings is 1. The maximum atomic E-state index is 12.2. The van der Waals surface area contributed by atoms with Gasteiger partial charge in [-0.25, -0.2) is 9.59 Å². The van der Waals surface area contributed by atoms with Crippen LogP contribution < -0.4 is 10.2 Å². The fourth-order valence-electron chi connectivity index (χ4n) is 2.78. The molecule has 2 amide bonds. The molecular formula is C24H26N4O4. The number of aromatic nitrogens is 1. The topological polar surface area (TPSA) is 116 Å². The Kier molecular flexibility index (Phi) is 7.12. The minimum atomic E-state index is -1.10. The molecule has 0 atom stereocenters. The van der Waals surface area contributed by atoms with Crippen molar-refractivity contribution in [3.63, 3.8) is 0 Å². The van der Waals surface area contributed by atoms with E-state index in [4.69, 9.17) is 4.74 Å². The number of carbonyl (C=O) groups excluding carboxylic acids is 1. The zero-order valence-corrected chi connectivity index (χ0v) is 19.0. The zero-order valence-electron chi connectivity index (χ0n) is 19.0. The number of hydrogen-bond donors (Lipinski definition) is 2. The number of hydrogen-bond acceptors (Lipinski definition) is 5. The number of nitriles is 1. The number of carboxylic acid groups (broad SMARTS) is 1. The molecule has 0 unspecified atom stereocenters. The van der Waals surface area contributed by atoms with Crippen LogP contribution in [0.5, 0.6) is 0 Å². The summed E-state index contributed by atoms with van der Waals surface area (Å²) in [6.45, 7) is 10.6.